The number of furan rings is 1. The van der Waals surface area contributed by atoms with E-state index in [4.69, 9.17) is 9.15 Å². The van der Waals surface area contributed by atoms with E-state index in [-0.39, 0.29) is 42.4 Å². The van der Waals surface area contributed by atoms with E-state index in [1.165, 1.54) is 6.26 Å². The van der Waals surface area contributed by atoms with Gasteiger partial charge in [-0.15, -0.1) is 12.4 Å². The second kappa shape index (κ2) is 8.69. The Bertz CT molecular complexity index is 598. The number of hydrogen-bond donors (Lipinski definition) is 2. The summed E-state index contributed by atoms with van der Waals surface area (Å²) in [5.41, 5.74) is 0.575. The van der Waals surface area contributed by atoms with Crippen molar-refractivity contribution in [2.45, 2.75) is 44.9 Å². The molecular weight excluding hydrogens is 346 g/mol. The number of piperidine rings is 1. The fourth-order valence-electron chi connectivity index (χ4n) is 3.33. The highest BCUT2D eigenvalue weighted by atomic mass is 35.5. The van der Waals surface area contributed by atoms with Crippen LogP contribution in [-0.2, 0) is 9.53 Å². The first-order valence-corrected chi connectivity index (χ1v) is 8.55. The molecule has 1 aromatic heterocycles. The first-order chi connectivity index (χ1) is 11.6. The van der Waals surface area contributed by atoms with Gasteiger partial charge in [0, 0.05) is 25.7 Å². The lowest BCUT2D eigenvalue weighted by Crippen LogP contribution is -2.58. The summed E-state index contributed by atoms with van der Waals surface area (Å²) in [5, 5.41) is 6.27. The summed E-state index contributed by atoms with van der Waals surface area (Å²) in [5.74, 6) is 0.608. The summed E-state index contributed by atoms with van der Waals surface area (Å²) < 4.78 is 10.7. The first kappa shape index (κ1) is 19.8. The van der Waals surface area contributed by atoms with E-state index in [0.717, 1.165) is 12.8 Å². The molecule has 2 N–H and O–H groups in total. The number of ether oxygens (including phenoxy) is 1. The highest BCUT2D eigenvalue weighted by Gasteiger charge is 2.33. The SMILES string of the molecule is Cc1occc1C(=O)NC1CCN(C(=O)[C@H]2NCCO[C@@H]2C)CC1.Cl. The molecule has 0 saturated carbocycles. The Labute approximate surface area is 153 Å². The lowest BCUT2D eigenvalue weighted by Gasteiger charge is -2.37. The molecular formula is C17H26ClN3O4. The third kappa shape index (κ3) is 4.54. The van der Waals surface area contributed by atoms with Crippen molar-refractivity contribution in [3.8, 4) is 0 Å². The van der Waals surface area contributed by atoms with E-state index in [1.54, 1.807) is 13.0 Å². The molecule has 3 heterocycles. The van der Waals surface area contributed by atoms with E-state index in [0.29, 0.717) is 37.6 Å². The van der Waals surface area contributed by atoms with E-state index in [1.807, 2.05) is 11.8 Å². The van der Waals surface area contributed by atoms with Gasteiger partial charge in [-0.3, -0.25) is 9.59 Å². The third-order valence-corrected chi connectivity index (χ3v) is 4.83. The predicted octanol–water partition coefficient (Wildman–Crippen LogP) is 1.11. The van der Waals surface area contributed by atoms with Gasteiger partial charge in [-0.1, -0.05) is 0 Å². The molecule has 8 heteroatoms. The Morgan fingerprint density at radius 2 is 2.04 bits per heavy atom. The zero-order chi connectivity index (χ0) is 17.1. The van der Waals surface area contributed by atoms with Crippen LogP contribution in [0, 0.1) is 6.92 Å². The van der Waals surface area contributed by atoms with Crippen molar-refractivity contribution < 1.29 is 18.7 Å². The van der Waals surface area contributed by atoms with Gasteiger partial charge in [-0.2, -0.15) is 0 Å². The third-order valence-electron chi connectivity index (χ3n) is 4.83. The summed E-state index contributed by atoms with van der Waals surface area (Å²) in [6, 6.07) is 1.50. The van der Waals surface area contributed by atoms with Gasteiger partial charge in [0.15, 0.2) is 0 Å². The summed E-state index contributed by atoms with van der Waals surface area (Å²) in [4.78, 5) is 26.7. The first-order valence-electron chi connectivity index (χ1n) is 8.55. The fourth-order valence-corrected chi connectivity index (χ4v) is 3.33. The number of carbonyl (C=O) groups is 2. The van der Waals surface area contributed by atoms with Gasteiger partial charge in [0.25, 0.3) is 5.91 Å². The molecule has 7 nitrogen and oxygen atoms in total. The Hall–Kier alpha value is -1.57. The highest BCUT2D eigenvalue weighted by Crippen LogP contribution is 2.16. The lowest BCUT2D eigenvalue weighted by molar-refractivity contribution is -0.140. The molecule has 2 saturated heterocycles. The van der Waals surface area contributed by atoms with Crippen molar-refractivity contribution in [2.75, 3.05) is 26.2 Å². The monoisotopic (exact) mass is 371 g/mol. The number of amides is 2. The summed E-state index contributed by atoms with van der Waals surface area (Å²) >= 11 is 0. The summed E-state index contributed by atoms with van der Waals surface area (Å²) in [6.07, 6.45) is 2.94. The average molecular weight is 372 g/mol. The number of morpholine rings is 1. The maximum absolute atomic E-state index is 12.6. The molecule has 1 aromatic rings. The van der Waals surface area contributed by atoms with Crippen LogP contribution in [-0.4, -0.2) is 61.1 Å². The molecule has 0 unspecified atom stereocenters. The maximum atomic E-state index is 12.6. The number of likely N-dealkylation sites (tertiary alicyclic amines) is 1. The molecule has 3 rings (SSSR count). The number of aryl methyl sites for hydroxylation is 1. The van der Waals surface area contributed by atoms with Gasteiger partial charge >= 0.3 is 0 Å². The van der Waals surface area contributed by atoms with Crippen LogP contribution in [0.15, 0.2) is 16.7 Å². The number of carbonyl (C=O) groups excluding carboxylic acids is 2. The van der Waals surface area contributed by atoms with Crippen molar-refractivity contribution in [3.63, 3.8) is 0 Å². The zero-order valence-corrected chi connectivity index (χ0v) is 15.4. The molecule has 0 aromatic carbocycles. The van der Waals surface area contributed by atoms with E-state index < -0.39 is 0 Å². The van der Waals surface area contributed by atoms with Gasteiger partial charge in [0.2, 0.25) is 5.91 Å². The second-order valence-corrected chi connectivity index (χ2v) is 6.47. The Kier molecular flexibility index (Phi) is 6.87. The summed E-state index contributed by atoms with van der Waals surface area (Å²) in [6.45, 7) is 6.35. The quantitative estimate of drug-likeness (QED) is 0.831. The molecule has 0 aliphatic carbocycles. The molecule has 2 atom stereocenters. The Morgan fingerprint density at radius 3 is 2.64 bits per heavy atom. The van der Waals surface area contributed by atoms with Crippen LogP contribution >= 0.6 is 12.4 Å². The molecule has 2 fully saturated rings. The number of halogens is 1. The molecule has 2 amide bonds. The van der Waals surface area contributed by atoms with E-state index in [2.05, 4.69) is 10.6 Å². The van der Waals surface area contributed by atoms with Crippen molar-refractivity contribution in [2.24, 2.45) is 0 Å². The fraction of sp³-hybridized carbons (Fsp3) is 0.647. The van der Waals surface area contributed by atoms with E-state index in [9.17, 15) is 9.59 Å². The van der Waals surface area contributed by atoms with Crippen LogP contribution in [0.25, 0.3) is 0 Å². The normalized spacial score (nSPS) is 24.5. The van der Waals surface area contributed by atoms with Gasteiger partial charge in [-0.25, -0.2) is 0 Å². The van der Waals surface area contributed by atoms with Gasteiger partial charge in [0.1, 0.15) is 11.8 Å². The molecule has 2 aliphatic heterocycles. The van der Waals surface area contributed by atoms with Gasteiger partial charge in [0.05, 0.1) is 24.5 Å². The number of hydrogen-bond acceptors (Lipinski definition) is 5. The van der Waals surface area contributed by atoms with Crippen LogP contribution in [0.2, 0.25) is 0 Å². The minimum atomic E-state index is -0.265. The zero-order valence-electron chi connectivity index (χ0n) is 14.6. The minimum Gasteiger partial charge on any atom is -0.469 e. The number of nitrogens with zero attached hydrogens (tertiary/aromatic N) is 1. The van der Waals surface area contributed by atoms with E-state index >= 15 is 0 Å². The average Bonchev–Trinajstić information content (AvgIpc) is 3.01. The molecule has 140 valence electrons. The number of rotatable bonds is 3. The Morgan fingerprint density at radius 1 is 1.32 bits per heavy atom. The van der Waals surface area contributed by atoms with Crippen molar-refractivity contribution in [1.29, 1.82) is 0 Å². The largest absolute Gasteiger partial charge is 0.469 e. The lowest BCUT2D eigenvalue weighted by atomic mass is 10.0. The second-order valence-electron chi connectivity index (χ2n) is 6.47. The molecule has 0 radical (unpaired) electrons. The van der Waals surface area contributed by atoms with Crippen LogP contribution in [0.1, 0.15) is 35.9 Å². The smallest absolute Gasteiger partial charge is 0.255 e. The van der Waals surface area contributed by atoms with Crippen LogP contribution in [0.4, 0.5) is 0 Å². The highest BCUT2D eigenvalue weighted by molar-refractivity contribution is 5.95. The summed E-state index contributed by atoms with van der Waals surface area (Å²) in [7, 11) is 0. The minimum absolute atomic E-state index is 0. The van der Waals surface area contributed by atoms with Crippen LogP contribution in [0.3, 0.4) is 0 Å². The molecule has 25 heavy (non-hydrogen) atoms. The van der Waals surface area contributed by atoms with Gasteiger partial charge < -0.3 is 24.7 Å². The Balaban J connectivity index is 0.00000225. The topological polar surface area (TPSA) is 83.8 Å². The molecule has 0 spiro atoms. The standard InChI is InChI=1S/C17H25N3O4.ClH/c1-11-14(5-9-23-11)16(21)19-13-3-7-20(8-4-13)17(22)15-12(2)24-10-6-18-15;/h5,9,12-13,15,18H,3-4,6-8,10H2,1-2H3,(H,19,21);1H/t12-,15+;/m1./s1. The molecule has 0 bridgehead atoms. The van der Waals surface area contributed by atoms with Crippen LogP contribution < -0.4 is 10.6 Å². The maximum Gasteiger partial charge on any atom is 0.255 e. The number of nitrogens with one attached hydrogen (secondary N) is 2. The van der Waals surface area contributed by atoms with Crippen molar-refractivity contribution >= 4 is 24.2 Å². The molecule has 2 aliphatic rings. The van der Waals surface area contributed by atoms with Crippen LogP contribution in [0.5, 0.6) is 0 Å². The van der Waals surface area contributed by atoms with Crippen molar-refractivity contribution in [3.05, 3.63) is 23.7 Å². The van der Waals surface area contributed by atoms with Crippen molar-refractivity contribution in [1.82, 2.24) is 15.5 Å². The van der Waals surface area contributed by atoms with Gasteiger partial charge in [-0.05, 0) is 32.8 Å². The predicted molar refractivity (Wildman–Crippen MR) is 95.0 cm³/mol.